The standard InChI is InChI=1S/C21H19N3O4S2/c1-27-18-6-3-13(10-22-18)12-24-20(25)16-5-4-15(9-14(16)11-23-24)30-17-7-8-29-19(17)21(26)28-2/h3-11,21,26H,12H2,1-2H3. The number of hydrogen-bond donors (Lipinski definition) is 1. The van der Waals surface area contributed by atoms with E-state index in [0.29, 0.717) is 17.8 Å². The number of ether oxygens (including phenoxy) is 2. The fraction of sp³-hybridized carbons (Fsp3) is 0.190. The van der Waals surface area contributed by atoms with Crippen molar-refractivity contribution in [2.45, 2.75) is 22.6 Å². The van der Waals surface area contributed by atoms with E-state index in [1.807, 2.05) is 35.7 Å². The molecule has 7 nitrogen and oxygen atoms in total. The van der Waals surface area contributed by atoms with Crippen LogP contribution in [-0.2, 0) is 11.3 Å². The molecule has 0 fully saturated rings. The van der Waals surface area contributed by atoms with Crippen molar-refractivity contribution < 1.29 is 14.6 Å². The van der Waals surface area contributed by atoms with Crippen molar-refractivity contribution in [1.82, 2.24) is 14.8 Å². The van der Waals surface area contributed by atoms with Crippen LogP contribution < -0.4 is 10.3 Å². The lowest BCUT2D eigenvalue weighted by molar-refractivity contribution is -0.0759. The molecule has 4 aromatic rings. The predicted octanol–water partition coefficient (Wildman–Crippen LogP) is 3.70. The molecule has 0 saturated carbocycles. The minimum Gasteiger partial charge on any atom is -0.481 e. The molecule has 154 valence electrons. The molecule has 0 aliphatic carbocycles. The van der Waals surface area contributed by atoms with Gasteiger partial charge < -0.3 is 14.6 Å². The van der Waals surface area contributed by atoms with E-state index in [1.165, 1.54) is 34.9 Å². The number of aromatic nitrogens is 3. The number of rotatable bonds is 7. The summed E-state index contributed by atoms with van der Waals surface area (Å²) in [6, 6.07) is 11.2. The maximum absolute atomic E-state index is 12.9. The topological polar surface area (TPSA) is 86.5 Å². The Kier molecular flexibility index (Phi) is 6.14. The van der Waals surface area contributed by atoms with Crippen LogP contribution in [0.1, 0.15) is 16.7 Å². The van der Waals surface area contributed by atoms with Gasteiger partial charge in [0.05, 0.1) is 30.1 Å². The van der Waals surface area contributed by atoms with Gasteiger partial charge in [0.15, 0.2) is 6.29 Å². The summed E-state index contributed by atoms with van der Waals surface area (Å²) in [6.07, 6.45) is 2.41. The van der Waals surface area contributed by atoms with Gasteiger partial charge >= 0.3 is 0 Å². The van der Waals surface area contributed by atoms with Crippen molar-refractivity contribution in [3.05, 3.63) is 75.0 Å². The molecule has 1 aromatic carbocycles. The van der Waals surface area contributed by atoms with Crippen LogP contribution in [0.5, 0.6) is 5.88 Å². The lowest BCUT2D eigenvalue weighted by atomic mass is 10.2. The molecule has 0 saturated heterocycles. The number of benzene rings is 1. The van der Waals surface area contributed by atoms with E-state index in [2.05, 4.69) is 10.1 Å². The molecule has 30 heavy (non-hydrogen) atoms. The number of fused-ring (bicyclic) bond motifs is 1. The van der Waals surface area contributed by atoms with Crippen LogP contribution in [0.25, 0.3) is 10.8 Å². The van der Waals surface area contributed by atoms with Gasteiger partial charge in [-0.25, -0.2) is 9.67 Å². The van der Waals surface area contributed by atoms with Gasteiger partial charge in [-0.15, -0.1) is 11.3 Å². The summed E-state index contributed by atoms with van der Waals surface area (Å²) in [5, 5.41) is 17.6. The van der Waals surface area contributed by atoms with Gasteiger partial charge in [-0.05, 0) is 35.2 Å². The highest BCUT2D eigenvalue weighted by Crippen LogP contribution is 2.37. The molecule has 0 aliphatic rings. The molecular weight excluding hydrogens is 422 g/mol. The minimum absolute atomic E-state index is 0.161. The van der Waals surface area contributed by atoms with Gasteiger partial charge in [-0.1, -0.05) is 17.8 Å². The number of methoxy groups -OCH3 is 2. The predicted molar refractivity (Wildman–Crippen MR) is 116 cm³/mol. The molecule has 0 radical (unpaired) electrons. The van der Waals surface area contributed by atoms with Crippen molar-refractivity contribution in [3.8, 4) is 5.88 Å². The van der Waals surface area contributed by atoms with E-state index in [-0.39, 0.29) is 5.56 Å². The SMILES string of the molecule is COc1ccc(Cn2ncc3cc(Sc4ccsc4C(O)OC)ccc3c2=O)cn1. The van der Waals surface area contributed by atoms with Crippen molar-refractivity contribution in [2.24, 2.45) is 0 Å². The fourth-order valence-electron chi connectivity index (χ4n) is 2.95. The summed E-state index contributed by atoms with van der Waals surface area (Å²) in [4.78, 5) is 19.7. The van der Waals surface area contributed by atoms with Crippen molar-refractivity contribution in [2.75, 3.05) is 14.2 Å². The summed E-state index contributed by atoms with van der Waals surface area (Å²) >= 11 is 2.95. The van der Waals surface area contributed by atoms with E-state index >= 15 is 0 Å². The quantitative estimate of drug-likeness (QED) is 0.438. The maximum Gasteiger partial charge on any atom is 0.274 e. The Balaban J connectivity index is 1.59. The second-order valence-corrected chi connectivity index (χ2v) is 8.47. The molecule has 1 unspecified atom stereocenters. The van der Waals surface area contributed by atoms with Crippen LogP contribution in [0, 0.1) is 0 Å². The molecule has 3 heterocycles. The van der Waals surface area contributed by atoms with E-state index < -0.39 is 6.29 Å². The van der Waals surface area contributed by atoms with Crippen LogP contribution >= 0.6 is 23.1 Å². The van der Waals surface area contributed by atoms with Crippen LogP contribution in [0.2, 0.25) is 0 Å². The van der Waals surface area contributed by atoms with E-state index in [4.69, 9.17) is 9.47 Å². The first-order valence-corrected chi connectivity index (χ1v) is 10.7. The van der Waals surface area contributed by atoms with E-state index in [1.54, 1.807) is 25.6 Å². The lowest BCUT2D eigenvalue weighted by Gasteiger charge is -2.10. The molecule has 0 aliphatic heterocycles. The summed E-state index contributed by atoms with van der Waals surface area (Å²) in [5.74, 6) is 0.523. The minimum atomic E-state index is -0.950. The zero-order valence-electron chi connectivity index (χ0n) is 16.3. The van der Waals surface area contributed by atoms with Gasteiger partial charge in [0.25, 0.3) is 5.56 Å². The number of nitrogens with zero attached hydrogens (tertiary/aromatic N) is 3. The third kappa shape index (κ3) is 4.24. The monoisotopic (exact) mass is 441 g/mol. The van der Waals surface area contributed by atoms with E-state index in [9.17, 15) is 9.90 Å². The molecular formula is C21H19N3O4S2. The molecule has 0 bridgehead atoms. The van der Waals surface area contributed by atoms with Crippen LogP contribution in [0.15, 0.2) is 68.8 Å². The average Bonchev–Trinajstić information content (AvgIpc) is 3.23. The first kappa shape index (κ1) is 20.5. The Morgan fingerprint density at radius 3 is 2.80 bits per heavy atom. The van der Waals surface area contributed by atoms with Gasteiger partial charge in [-0.2, -0.15) is 5.10 Å². The summed E-state index contributed by atoms with van der Waals surface area (Å²) in [5.41, 5.74) is 0.699. The largest absolute Gasteiger partial charge is 0.481 e. The number of pyridine rings is 1. The Labute approximate surface area is 180 Å². The van der Waals surface area contributed by atoms with Gasteiger partial charge in [-0.3, -0.25) is 4.79 Å². The number of thiophene rings is 1. The molecule has 9 heteroatoms. The first-order chi connectivity index (χ1) is 14.6. The Hall–Kier alpha value is -2.72. The van der Waals surface area contributed by atoms with Gasteiger partial charge in [0, 0.05) is 34.6 Å². The van der Waals surface area contributed by atoms with Crippen LogP contribution in [0.4, 0.5) is 0 Å². The third-order valence-corrected chi connectivity index (χ3v) is 6.64. The fourth-order valence-corrected chi connectivity index (χ4v) is 4.96. The lowest BCUT2D eigenvalue weighted by Crippen LogP contribution is -2.23. The average molecular weight is 442 g/mol. The highest BCUT2D eigenvalue weighted by atomic mass is 32.2. The molecule has 1 N–H and O–H groups in total. The molecule has 1 atom stereocenters. The van der Waals surface area contributed by atoms with Gasteiger partial charge in [0.1, 0.15) is 0 Å². The second-order valence-electron chi connectivity index (χ2n) is 6.40. The summed E-state index contributed by atoms with van der Waals surface area (Å²) in [7, 11) is 3.02. The maximum atomic E-state index is 12.9. The molecule has 0 amide bonds. The van der Waals surface area contributed by atoms with Crippen molar-refractivity contribution in [3.63, 3.8) is 0 Å². The number of aliphatic hydroxyl groups excluding tert-OH is 1. The molecule has 4 rings (SSSR count). The molecule has 0 spiro atoms. The van der Waals surface area contributed by atoms with Crippen molar-refractivity contribution in [1.29, 1.82) is 0 Å². The highest BCUT2D eigenvalue weighted by Gasteiger charge is 2.15. The smallest absolute Gasteiger partial charge is 0.274 e. The zero-order valence-corrected chi connectivity index (χ0v) is 17.9. The Morgan fingerprint density at radius 1 is 1.20 bits per heavy atom. The normalized spacial score (nSPS) is 12.2. The van der Waals surface area contributed by atoms with Crippen LogP contribution in [0.3, 0.4) is 0 Å². The van der Waals surface area contributed by atoms with Crippen LogP contribution in [-0.4, -0.2) is 34.1 Å². The summed E-state index contributed by atoms with van der Waals surface area (Å²) < 4.78 is 11.5. The highest BCUT2D eigenvalue weighted by molar-refractivity contribution is 7.99. The third-order valence-electron chi connectivity index (χ3n) is 4.50. The first-order valence-electron chi connectivity index (χ1n) is 9.04. The number of aliphatic hydroxyl groups is 1. The second kappa shape index (κ2) is 8.97. The van der Waals surface area contributed by atoms with E-state index in [0.717, 1.165) is 25.6 Å². The Morgan fingerprint density at radius 2 is 2.07 bits per heavy atom. The number of hydrogen-bond acceptors (Lipinski definition) is 8. The molecule has 3 aromatic heterocycles. The Bertz CT molecular complexity index is 1220. The summed E-state index contributed by atoms with van der Waals surface area (Å²) in [6.45, 7) is 0.329. The van der Waals surface area contributed by atoms with Crippen molar-refractivity contribution >= 4 is 33.9 Å². The zero-order chi connectivity index (χ0) is 21.1. The van der Waals surface area contributed by atoms with Gasteiger partial charge in [0.2, 0.25) is 5.88 Å².